The molecular formula is C13H7ClF3N2O4S-. The highest BCUT2D eigenvalue weighted by Crippen LogP contribution is 2.32. The number of alkyl halides is 3. The molecule has 1 aromatic heterocycles. The van der Waals surface area contributed by atoms with E-state index in [-0.39, 0.29) is 10.5 Å². The topological polar surface area (TPSA) is 99.2 Å². The van der Waals surface area contributed by atoms with Crippen molar-refractivity contribution in [3.8, 4) is 0 Å². The predicted molar refractivity (Wildman–Crippen MR) is 75.8 cm³/mol. The van der Waals surface area contributed by atoms with E-state index in [9.17, 15) is 31.5 Å². The Hall–Kier alpha value is -2.33. The summed E-state index contributed by atoms with van der Waals surface area (Å²) in [6.45, 7) is 0. The number of carbonyl (C=O) groups excluding carboxylic acids is 1. The van der Waals surface area contributed by atoms with Gasteiger partial charge in [0.2, 0.25) is 0 Å². The summed E-state index contributed by atoms with van der Waals surface area (Å²) < 4.78 is 63.7. The van der Waals surface area contributed by atoms with Crippen molar-refractivity contribution in [2.24, 2.45) is 0 Å². The summed E-state index contributed by atoms with van der Waals surface area (Å²) >= 11 is 5.62. The fourth-order valence-corrected chi connectivity index (χ4v) is 2.92. The maximum atomic E-state index is 12.5. The molecule has 0 saturated carbocycles. The number of halogens is 4. The van der Waals surface area contributed by atoms with Crippen LogP contribution in [0.3, 0.4) is 0 Å². The lowest BCUT2D eigenvalue weighted by Crippen LogP contribution is -2.22. The van der Waals surface area contributed by atoms with Crippen molar-refractivity contribution in [1.29, 1.82) is 0 Å². The molecule has 0 radical (unpaired) electrons. The number of sulfonamides is 1. The second-order valence-corrected chi connectivity index (χ2v) is 6.56. The van der Waals surface area contributed by atoms with Gasteiger partial charge in [-0.3, -0.25) is 4.72 Å². The Kier molecular flexibility index (Phi) is 4.72. The Balaban J connectivity index is 2.31. The van der Waals surface area contributed by atoms with Crippen LogP contribution >= 0.6 is 11.6 Å². The van der Waals surface area contributed by atoms with Crippen LogP contribution in [0.4, 0.5) is 19.0 Å². The minimum atomic E-state index is -4.67. The van der Waals surface area contributed by atoms with Gasteiger partial charge >= 0.3 is 6.18 Å². The molecule has 0 atom stereocenters. The van der Waals surface area contributed by atoms with Crippen molar-refractivity contribution >= 4 is 33.4 Å². The predicted octanol–water partition coefficient (Wildman–Crippen LogP) is 1.92. The normalized spacial score (nSPS) is 12.0. The first-order valence-electron chi connectivity index (χ1n) is 6.07. The van der Waals surface area contributed by atoms with E-state index < -0.39 is 38.6 Å². The lowest BCUT2D eigenvalue weighted by atomic mass is 10.2. The van der Waals surface area contributed by atoms with Crippen LogP contribution in [0.1, 0.15) is 15.9 Å². The summed E-state index contributed by atoms with van der Waals surface area (Å²) in [7, 11) is -4.22. The first-order chi connectivity index (χ1) is 11.0. The molecule has 24 heavy (non-hydrogen) atoms. The third-order valence-corrected chi connectivity index (χ3v) is 4.44. The quantitative estimate of drug-likeness (QED) is 0.875. The lowest BCUT2D eigenvalue weighted by Gasteiger charge is -2.11. The molecule has 2 rings (SSSR count). The Morgan fingerprint density at radius 3 is 2.25 bits per heavy atom. The van der Waals surface area contributed by atoms with Crippen molar-refractivity contribution in [2.75, 3.05) is 4.72 Å². The molecule has 0 aliphatic rings. The van der Waals surface area contributed by atoms with E-state index in [0.29, 0.717) is 12.3 Å². The van der Waals surface area contributed by atoms with Crippen molar-refractivity contribution in [2.45, 2.75) is 11.1 Å². The highest BCUT2D eigenvalue weighted by Gasteiger charge is 2.32. The number of nitrogens with one attached hydrogen (secondary N) is 1. The third-order valence-electron chi connectivity index (χ3n) is 2.80. The Morgan fingerprint density at radius 2 is 1.79 bits per heavy atom. The number of benzene rings is 1. The maximum absolute atomic E-state index is 12.5. The van der Waals surface area contributed by atoms with E-state index in [1.807, 2.05) is 4.72 Å². The number of carboxylic acid groups (broad SMARTS) is 1. The third kappa shape index (κ3) is 3.95. The average Bonchev–Trinajstić information content (AvgIpc) is 2.48. The number of aromatic carboxylic acids is 1. The fourth-order valence-electron chi connectivity index (χ4n) is 1.62. The Bertz CT molecular complexity index is 883. The van der Waals surface area contributed by atoms with Crippen molar-refractivity contribution in [3.63, 3.8) is 0 Å². The van der Waals surface area contributed by atoms with Gasteiger partial charge in [0.05, 0.1) is 21.5 Å². The number of rotatable bonds is 4. The van der Waals surface area contributed by atoms with E-state index in [1.54, 1.807) is 0 Å². The molecule has 0 saturated heterocycles. The number of pyridine rings is 1. The average molecular weight is 380 g/mol. The van der Waals surface area contributed by atoms with Crippen LogP contribution in [0.5, 0.6) is 0 Å². The second kappa shape index (κ2) is 6.29. The number of anilines is 1. The highest BCUT2D eigenvalue weighted by atomic mass is 35.5. The standard InChI is InChI=1S/C13H8ClF3N2O4S/c14-10-5-8(13(15,16)17)6-18-11(10)19-24(22,23)9-3-1-7(2-4-9)12(20)21/h1-6H,(H,18,19)(H,20,21)/p-1. The van der Waals surface area contributed by atoms with Crippen LogP contribution in [-0.2, 0) is 16.2 Å². The minimum Gasteiger partial charge on any atom is -0.545 e. The zero-order chi connectivity index (χ0) is 18.1. The Labute approximate surface area is 139 Å². The summed E-state index contributed by atoms with van der Waals surface area (Å²) in [4.78, 5) is 13.6. The van der Waals surface area contributed by atoms with Crippen LogP contribution in [0.2, 0.25) is 5.02 Å². The van der Waals surface area contributed by atoms with E-state index in [4.69, 9.17) is 11.6 Å². The molecule has 2 aromatic rings. The largest absolute Gasteiger partial charge is 0.545 e. The second-order valence-electron chi connectivity index (χ2n) is 4.47. The van der Waals surface area contributed by atoms with Crippen LogP contribution in [0.15, 0.2) is 41.4 Å². The van der Waals surface area contributed by atoms with Crippen molar-refractivity contribution in [3.05, 3.63) is 52.7 Å². The maximum Gasteiger partial charge on any atom is 0.417 e. The number of hydrogen-bond acceptors (Lipinski definition) is 5. The first-order valence-corrected chi connectivity index (χ1v) is 7.94. The van der Waals surface area contributed by atoms with Crippen molar-refractivity contribution < 1.29 is 31.5 Å². The van der Waals surface area contributed by atoms with Gasteiger partial charge in [-0.15, -0.1) is 0 Å². The van der Waals surface area contributed by atoms with Gasteiger partial charge in [-0.05, 0) is 23.8 Å². The number of aromatic nitrogens is 1. The van der Waals surface area contributed by atoms with E-state index in [1.165, 1.54) is 0 Å². The minimum absolute atomic E-state index is 0.236. The summed E-state index contributed by atoms with van der Waals surface area (Å²) in [5, 5.41) is 10.1. The van der Waals surface area contributed by atoms with Gasteiger partial charge in [0, 0.05) is 6.20 Å². The molecule has 0 spiro atoms. The molecule has 0 bridgehead atoms. The number of nitrogens with zero attached hydrogens (tertiary/aromatic N) is 1. The Morgan fingerprint density at radius 1 is 1.21 bits per heavy atom. The molecule has 0 aliphatic carbocycles. The molecule has 0 aliphatic heterocycles. The smallest absolute Gasteiger partial charge is 0.417 e. The van der Waals surface area contributed by atoms with Gasteiger partial charge in [-0.2, -0.15) is 13.2 Å². The monoisotopic (exact) mass is 379 g/mol. The molecular weight excluding hydrogens is 373 g/mol. The van der Waals surface area contributed by atoms with Gasteiger partial charge < -0.3 is 9.90 Å². The van der Waals surface area contributed by atoms with E-state index in [2.05, 4.69) is 4.98 Å². The van der Waals surface area contributed by atoms with Crippen LogP contribution < -0.4 is 9.83 Å². The van der Waals surface area contributed by atoms with Gasteiger partial charge in [0.15, 0.2) is 5.82 Å². The summed E-state index contributed by atoms with van der Waals surface area (Å²) in [6, 6.07) is 4.53. The SMILES string of the molecule is O=C([O-])c1ccc(S(=O)(=O)Nc2ncc(C(F)(F)F)cc2Cl)cc1. The van der Waals surface area contributed by atoms with Crippen LogP contribution in [0, 0.1) is 0 Å². The summed E-state index contributed by atoms with van der Waals surface area (Å²) in [5.41, 5.74) is -1.37. The molecule has 1 heterocycles. The van der Waals surface area contributed by atoms with Gasteiger partial charge in [0.1, 0.15) is 0 Å². The van der Waals surface area contributed by atoms with Crippen LogP contribution in [0.25, 0.3) is 0 Å². The zero-order valence-electron chi connectivity index (χ0n) is 11.5. The van der Waals surface area contributed by atoms with E-state index >= 15 is 0 Å². The van der Waals surface area contributed by atoms with Gasteiger partial charge in [-0.25, -0.2) is 13.4 Å². The molecule has 11 heteroatoms. The molecule has 6 nitrogen and oxygen atoms in total. The molecule has 1 aromatic carbocycles. The summed E-state index contributed by atoms with van der Waals surface area (Å²) in [5.74, 6) is -1.98. The number of hydrogen-bond donors (Lipinski definition) is 1. The first kappa shape index (κ1) is 18.0. The zero-order valence-corrected chi connectivity index (χ0v) is 13.0. The molecule has 0 fully saturated rings. The molecule has 1 N–H and O–H groups in total. The lowest BCUT2D eigenvalue weighted by molar-refractivity contribution is -0.255. The fraction of sp³-hybridized carbons (Fsp3) is 0.0769. The van der Waals surface area contributed by atoms with Crippen molar-refractivity contribution in [1.82, 2.24) is 4.98 Å². The number of carboxylic acids is 1. The summed E-state index contributed by atoms with van der Waals surface area (Å²) in [6.07, 6.45) is -4.24. The molecule has 0 unspecified atom stereocenters. The molecule has 128 valence electrons. The molecule has 0 amide bonds. The van der Waals surface area contributed by atoms with Crippen LogP contribution in [-0.4, -0.2) is 19.4 Å². The highest BCUT2D eigenvalue weighted by molar-refractivity contribution is 7.92. The van der Waals surface area contributed by atoms with E-state index in [0.717, 1.165) is 24.3 Å². The van der Waals surface area contributed by atoms with Gasteiger partial charge in [0.25, 0.3) is 10.0 Å². The van der Waals surface area contributed by atoms with Gasteiger partial charge in [-0.1, -0.05) is 23.7 Å². The number of carbonyl (C=O) groups is 1.